The minimum absolute atomic E-state index is 0.684. The van der Waals surface area contributed by atoms with E-state index in [1.54, 1.807) is 6.20 Å². The van der Waals surface area contributed by atoms with Gasteiger partial charge in [-0.1, -0.05) is 35.9 Å². The van der Waals surface area contributed by atoms with Gasteiger partial charge in [0.05, 0.1) is 5.69 Å². The predicted octanol–water partition coefficient (Wildman–Crippen LogP) is 4.24. The van der Waals surface area contributed by atoms with E-state index in [-0.39, 0.29) is 0 Å². The zero-order valence-electron chi connectivity index (χ0n) is 18.5. The zero-order chi connectivity index (χ0) is 21.5. The molecule has 4 rings (SSSR count). The summed E-state index contributed by atoms with van der Waals surface area (Å²) in [5.41, 5.74) is 5.76. The first-order chi connectivity index (χ1) is 15.2. The lowest BCUT2D eigenvalue weighted by molar-refractivity contribution is 0.147. The summed E-state index contributed by atoms with van der Waals surface area (Å²) in [5.74, 6) is 1.63. The van der Waals surface area contributed by atoms with Crippen LogP contribution in [0.15, 0.2) is 48.7 Å². The molecular weight excluding hydrogens is 386 g/mol. The highest BCUT2D eigenvalue weighted by atomic mass is 16.5. The van der Waals surface area contributed by atoms with Gasteiger partial charge in [0, 0.05) is 51.2 Å². The maximum absolute atomic E-state index is 5.47. The van der Waals surface area contributed by atoms with Gasteiger partial charge in [0.25, 0.3) is 0 Å². The number of hydrogen-bond donors (Lipinski definition) is 1. The Labute approximate surface area is 184 Å². The van der Waals surface area contributed by atoms with Crippen molar-refractivity contribution in [1.82, 2.24) is 19.9 Å². The molecule has 3 aromatic rings. The molecule has 2 aromatic heterocycles. The normalized spacial score (nSPS) is 13.7. The lowest BCUT2D eigenvalue weighted by Gasteiger charge is -2.29. The van der Waals surface area contributed by atoms with Crippen LogP contribution in [0.1, 0.15) is 35.7 Å². The molecular formula is C25H31N5O. The summed E-state index contributed by atoms with van der Waals surface area (Å²) in [5, 5.41) is 3.54. The van der Waals surface area contributed by atoms with Crippen molar-refractivity contribution in [3.05, 3.63) is 71.0 Å². The molecule has 0 bridgehead atoms. The quantitative estimate of drug-likeness (QED) is 0.525. The maximum atomic E-state index is 5.47. The lowest BCUT2D eigenvalue weighted by Crippen LogP contribution is -2.32. The highest BCUT2D eigenvalue weighted by molar-refractivity contribution is 5.57. The van der Waals surface area contributed by atoms with Gasteiger partial charge in [-0.3, -0.25) is 9.88 Å². The Hall–Kier alpha value is -2.83. The molecule has 0 amide bonds. The van der Waals surface area contributed by atoms with E-state index >= 15 is 0 Å². The Bertz CT molecular complexity index is 975. The van der Waals surface area contributed by atoms with Crippen LogP contribution >= 0.6 is 0 Å². The first kappa shape index (κ1) is 21.4. The SMILES string of the molecule is CCOCCCNc1nc(-c2ccccn2)nc2c1CCN(Cc1ccc(C)cc1)C2. The summed E-state index contributed by atoms with van der Waals surface area (Å²) in [7, 11) is 0. The molecule has 0 saturated carbocycles. The molecule has 0 spiro atoms. The third kappa shape index (κ3) is 5.66. The Morgan fingerprint density at radius 2 is 1.97 bits per heavy atom. The highest BCUT2D eigenvalue weighted by Crippen LogP contribution is 2.27. The van der Waals surface area contributed by atoms with Crippen LogP contribution in [0.25, 0.3) is 11.5 Å². The molecule has 1 aromatic carbocycles. The first-order valence-electron chi connectivity index (χ1n) is 11.1. The molecule has 3 heterocycles. The summed E-state index contributed by atoms with van der Waals surface area (Å²) in [4.78, 5) is 16.7. The number of aromatic nitrogens is 3. The minimum atomic E-state index is 0.684. The summed E-state index contributed by atoms with van der Waals surface area (Å²) in [6.45, 7) is 9.24. The Morgan fingerprint density at radius 1 is 1.10 bits per heavy atom. The van der Waals surface area contributed by atoms with Gasteiger partial charge in [0.2, 0.25) is 0 Å². The van der Waals surface area contributed by atoms with Crippen LogP contribution in [0.3, 0.4) is 0 Å². The summed E-state index contributed by atoms with van der Waals surface area (Å²) >= 11 is 0. The summed E-state index contributed by atoms with van der Waals surface area (Å²) in [6, 6.07) is 14.7. The van der Waals surface area contributed by atoms with Crippen molar-refractivity contribution < 1.29 is 4.74 Å². The first-order valence-corrected chi connectivity index (χ1v) is 11.1. The fourth-order valence-corrected chi connectivity index (χ4v) is 3.85. The number of benzene rings is 1. The van der Waals surface area contributed by atoms with Crippen LogP contribution in [0.2, 0.25) is 0 Å². The highest BCUT2D eigenvalue weighted by Gasteiger charge is 2.23. The van der Waals surface area contributed by atoms with Crippen molar-refractivity contribution in [3.8, 4) is 11.5 Å². The van der Waals surface area contributed by atoms with Crippen molar-refractivity contribution in [1.29, 1.82) is 0 Å². The molecule has 162 valence electrons. The number of rotatable bonds is 9. The molecule has 0 saturated heterocycles. The Balaban J connectivity index is 1.55. The summed E-state index contributed by atoms with van der Waals surface area (Å²) in [6.07, 6.45) is 3.68. The van der Waals surface area contributed by atoms with Crippen LogP contribution in [0, 0.1) is 6.92 Å². The van der Waals surface area contributed by atoms with E-state index in [0.717, 1.165) is 69.4 Å². The molecule has 0 unspecified atom stereocenters. The van der Waals surface area contributed by atoms with Crippen molar-refractivity contribution in [2.45, 2.75) is 39.8 Å². The van der Waals surface area contributed by atoms with E-state index in [0.29, 0.717) is 5.82 Å². The number of pyridine rings is 1. The molecule has 31 heavy (non-hydrogen) atoms. The molecule has 0 atom stereocenters. The van der Waals surface area contributed by atoms with Crippen molar-refractivity contribution in [2.24, 2.45) is 0 Å². The van der Waals surface area contributed by atoms with E-state index in [4.69, 9.17) is 14.7 Å². The second-order valence-electron chi connectivity index (χ2n) is 7.96. The smallest absolute Gasteiger partial charge is 0.180 e. The van der Waals surface area contributed by atoms with E-state index < -0.39 is 0 Å². The van der Waals surface area contributed by atoms with Gasteiger partial charge in [-0.2, -0.15) is 0 Å². The van der Waals surface area contributed by atoms with Gasteiger partial charge < -0.3 is 10.1 Å². The second-order valence-corrected chi connectivity index (χ2v) is 7.96. The van der Waals surface area contributed by atoms with Crippen molar-refractivity contribution >= 4 is 5.82 Å². The number of anilines is 1. The second kappa shape index (κ2) is 10.5. The number of nitrogens with zero attached hydrogens (tertiary/aromatic N) is 4. The maximum Gasteiger partial charge on any atom is 0.180 e. The average molecular weight is 418 g/mol. The molecule has 1 aliphatic rings. The number of aryl methyl sites for hydroxylation is 1. The third-order valence-electron chi connectivity index (χ3n) is 5.53. The molecule has 6 nitrogen and oxygen atoms in total. The fraction of sp³-hybridized carbons (Fsp3) is 0.400. The minimum Gasteiger partial charge on any atom is -0.382 e. The summed E-state index contributed by atoms with van der Waals surface area (Å²) < 4.78 is 5.47. The topological polar surface area (TPSA) is 63.2 Å². The van der Waals surface area contributed by atoms with Gasteiger partial charge in [-0.25, -0.2) is 9.97 Å². The van der Waals surface area contributed by atoms with Gasteiger partial charge >= 0.3 is 0 Å². The molecule has 1 N–H and O–H groups in total. The number of nitrogens with one attached hydrogen (secondary N) is 1. The molecule has 6 heteroatoms. The zero-order valence-corrected chi connectivity index (χ0v) is 18.5. The average Bonchev–Trinajstić information content (AvgIpc) is 2.80. The standard InChI is InChI=1S/C25H31N5O/c1-3-31-16-6-14-27-24-21-12-15-30(17-20-10-8-19(2)9-11-20)18-23(21)28-25(29-24)22-7-4-5-13-26-22/h4-5,7-11,13H,3,6,12,14-18H2,1-2H3,(H,27,28,29). The molecule has 0 fully saturated rings. The van der Waals surface area contributed by atoms with Gasteiger partial charge in [0.1, 0.15) is 11.5 Å². The van der Waals surface area contributed by atoms with Crippen LogP contribution < -0.4 is 5.32 Å². The van der Waals surface area contributed by atoms with Crippen LogP contribution in [-0.2, 0) is 24.2 Å². The molecule has 1 aliphatic heterocycles. The lowest BCUT2D eigenvalue weighted by atomic mass is 10.0. The van der Waals surface area contributed by atoms with E-state index in [1.807, 2.05) is 25.1 Å². The Morgan fingerprint density at radius 3 is 2.74 bits per heavy atom. The third-order valence-corrected chi connectivity index (χ3v) is 5.53. The monoisotopic (exact) mass is 417 g/mol. The van der Waals surface area contributed by atoms with Crippen molar-refractivity contribution in [3.63, 3.8) is 0 Å². The van der Waals surface area contributed by atoms with E-state index in [2.05, 4.69) is 46.4 Å². The van der Waals surface area contributed by atoms with E-state index in [1.165, 1.54) is 16.7 Å². The van der Waals surface area contributed by atoms with Crippen molar-refractivity contribution in [2.75, 3.05) is 31.6 Å². The van der Waals surface area contributed by atoms with Crippen LogP contribution in [-0.4, -0.2) is 46.2 Å². The molecule has 0 radical (unpaired) electrons. The van der Waals surface area contributed by atoms with Gasteiger partial charge in [-0.15, -0.1) is 0 Å². The van der Waals surface area contributed by atoms with Gasteiger partial charge in [0.15, 0.2) is 5.82 Å². The molecule has 0 aliphatic carbocycles. The largest absolute Gasteiger partial charge is 0.382 e. The number of ether oxygens (including phenoxy) is 1. The number of fused-ring (bicyclic) bond motifs is 1. The van der Waals surface area contributed by atoms with Gasteiger partial charge in [-0.05, 0) is 44.4 Å². The van der Waals surface area contributed by atoms with Crippen LogP contribution in [0.4, 0.5) is 5.82 Å². The fourth-order valence-electron chi connectivity index (χ4n) is 3.85. The van der Waals surface area contributed by atoms with Crippen LogP contribution in [0.5, 0.6) is 0 Å². The Kier molecular flexibility index (Phi) is 7.22. The number of hydrogen-bond acceptors (Lipinski definition) is 6. The van der Waals surface area contributed by atoms with E-state index in [9.17, 15) is 0 Å². The predicted molar refractivity (Wildman–Crippen MR) is 124 cm³/mol.